The Morgan fingerprint density at radius 1 is 1.50 bits per heavy atom. The smallest absolute Gasteiger partial charge is 0.308 e. The zero-order valence-corrected chi connectivity index (χ0v) is 9.69. The quantitative estimate of drug-likeness (QED) is 0.729. The fourth-order valence-corrected chi connectivity index (χ4v) is 4.65. The van der Waals surface area contributed by atoms with Crippen molar-refractivity contribution in [2.75, 3.05) is 5.75 Å². The highest BCUT2D eigenvalue weighted by Crippen LogP contribution is 2.43. The predicted octanol–water partition coefficient (Wildman–Crippen LogP) is 0.440. The topological polar surface area (TPSA) is 74.7 Å². The molecule has 1 N–H and O–H groups in total. The van der Waals surface area contributed by atoms with Crippen molar-refractivity contribution in [2.45, 2.75) is 31.3 Å². The average molecular weight is 245 g/mol. The first-order valence-corrected chi connectivity index (χ1v) is 6.93. The normalized spacial score (nSPS) is 34.1. The third-order valence-corrected chi connectivity index (χ3v) is 5.31. The summed E-state index contributed by atoms with van der Waals surface area (Å²) < 4.78 is 25.3. The van der Waals surface area contributed by atoms with E-state index in [-0.39, 0.29) is 17.8 Å². The first kappa shape index (κ1) is 11.6. The average Bonchev–Trinajstić information content (AvgIpc) is 2.74. The summed E-state index contributed by atoms with van der Waals surface area (Å²) in [4.78, 5) is 11.0. The van der Waals surface area contributed by atoms with Crippen LogP contribution in [0.3, 0.4) is 0 Å². The summed E-state index contributed by atoms with van der Waals surface area (Å²) in [7, 11) is -3.36. The first-order valence-electron chi connectivity index (χ1n) is 5.32. The number of aliphatic carboxylic acids is 1. The summed E-state index contributed by atoms with van der Waals surface area (Å²) in [6.07, 6.45) is 3.25. The van der Waals surface area contributed by atoms with E-state index in [0.29, 0.717) is 12.8 Å². The van der Waals surface area contributed by atoms with E-state index in [1.165, 1.54) is 10.4 Å². The molecule has 0 saturated carbocycles. The Balaban J connectivity index is 2.26. The number of hydrogen-bond acceptors (Lipinski definition) is 3. The van der Waals surface area contributed by atoms with Gasteiger partial charge >= 0.3 is 5.97 Å². The molecule has 2 heterocycles. The van der Waals surface area contributed by atoms with Crippen LogP contribution in [0.2, 0.25) is 0 Å². The summed E-state index contributed by atoms with van der Waals surface area (Å²) in [6, 6.07) is -0.455. The van der Waals surface area contributed by atoms with Crippen LogP contribution in [-0.2, 0) is 14.8 Å². The van der Waals surface area contributed by atoms with Crippen LogP contribution in [-0.4, -0.2) is 41.6 Å². The van der Waals surface area contributed by atoms with E-state index in [9.17, 15) is 13.2 Å². The minimum atomic E-state index is -3.36. The van der Waals surface area contributed by atoms with Gasteiger partial charge in [-0.2, -0.15) is 4.31 Å². The molecule has 16 heavy (non-hydrogen) atoms. The zero-order chi connectivity index (χ0) is 11.9. The van der Waals surface area contributed by atoms with Crippen molar-refractivity contribution in [3.05, 3.63) is 12.7 Å². The lowest BCUT2D eigenvalue weighted by atomic mass is 9.89. The third kappa shape index (κ3) is 1.66. The molecule has 0 aliphatic carbocycles. The first-order chi connectivity index (χ1) is 7.47. The van der Waals surface area contributed by atoms with E-state index >= 15 is 0 Å². The summed E-state index contributed by atoms with van der Waals surface area (Å²) in [5.74, 6) is -1.52. The Morgan fingerprint density at radius 3 is 2.69 bits per heavy atom. The molecule has 0 aromatic heterocycles. The van der Waals surface area contributed by atoms with Crippen molar-refractivity contribution in [3.8, 4) is 0 Å². The van der Waals surface area contributed by atoms with E-state index in [2.05, 4.69) is 6.58 Å². The van der Waals surface area contributed by atoms with E-state index in [0.717, 1.165) is 6.42 Å². The number of rotatable bonds is 4. The number of nitrogens with zero attached hydrogens (tertiary/aromatic N) is 1. The molecule has 2 bridgehead atoms. The highest BCUT2D eigenvalue weighted by molar-refractivity contribution is 7.89. The van der Waals surface area contributed by atoms with Crippen LogP contribution in [0.25, 0.3) is 0 Å². The Kier molecular flexibility index (Phi) is 2.79. The fourth-order valence-electron chi connectivity index (χ4n) is 2.87. The van der Waals surface area contributed by atoms with Crippen LogP contribution in [0.15, 0.2) is 12.7 Å². The van der Waals surface area contributed by atoms with Crippen molar-refractivity contribution in [3.63, 3.8) is 0 Å². The monoisotopic (exact) mass is 245 g/mol. The molecular weight excluding hydrogens is 230 g/mol. The minimum Gasteiger partial charge on any atom is -0.481 e. The van der Waals surface area contributed by atoms with Crippen molar-refractivity contribution in [1.29, 1.82) is 0 Å². The van der Waals surface area contributed by atoms with Gasteiger partial charge in [-0.25, -0.2) is 8.42 Å². The second kappa shape index (κ2) is 3.85. The molecule has 0 amide bonds. The van der Waals surface area contributed by atoms with Crippen LogP contribution in [0.5, 0.6) is 0 Å². The second-order valence-electron chi connectivity index (χ2n) is 4.38. The van der Waals surface area contributed by atoms with Crippen molar-refractivity contribution in [2.24, 2.45) is 5.92 Å². The minimum absolute atomic E-state index is 0.105. The molecule has 2 rings (SSSR count). The van der Waals surface area contributed by atoms with Gasteiger partial charge < -0.3 is 5.11 Å². The van der Waals surface area contributed by atoms with E-state index in [1.54, 1.807) is 0 Å². The van der Waals surface area contributed by atoms with E-state index in [1.807, 2.05) is 0 Å². The molecule has 2 aliphatic heterocycles. The number of carboxylic acid groups (broad SMARTS) is 1. The lowest BCUT2D eigenvalue weighted by Gasteiger charge is -2.21. The molecule has 2 fully saturated rings. The molecule has 2 aliphatic rings. The van der Waals surface area contributed by atoms with Crippen LogP contribution < -0.4 is 0 Å². The molecule has 6 heteroatoms. The maximum Gasteiger partial charge on any atom is 0.308 e. The largest absolute Gasteiger partial charge is 0.481 e. The van der Waals surface area contributed by atoms with Gasteiger partial charge in [0, 0.05) is 12.1 Å². The summed E-state index contributed by atoms with van der Waals surface area (Å²) in [6.45, 7) is 3.42. The summed E-state index contributed by atoms with van der Waals surface area (Å²) >= 11 is 0. The van der Waals surface area contributed by atoms with E-state index < -0.39 is 21.9 Å². The highest BCUT2D eigenvalue weighted by Gasteiger charge is 2.53. The van der Waals surface area contributed by atoms with Crippen molar-refractivity contribution < 1.29 is 18.3 Å². The summed E-state index contributed by atoms with van der Waals surface area (Å²) in [5.41, 5.74) is 0. The lowest BCUT2D eigenvalue weighted by Crippen LogP contribution is -2.38. The maximum atomic E-state index is 11.9. The maximum absolute atomic E-state index is 11.9. The molecule has 0 radical (unpaired) electrons. The number of carboxylic acids is 1. The van der Waals surface area contributed by atoms with Crippen molar-refractivity contribution >= 4 is 16.0 Å². The number of hydrogen-bond donors (Lipinski definition) is 1. The van der Waals surface area contributed by atoms with Crippen LogP contribution in [0.1, 0.15) is 19.3 Å². The van der Waals surface area contributed by atoms with Gasteiger partial charge in [-0.1, -0.05) is 6.08 Å². The van der Waals surface area contributed by atoms with Crippen LogP contribution in [0.4, 0.5) is 0 Å². The molecule has 5 nitrogen and oxygen atoms in total. The molecule has 0 aromatic rings. The highest BCUT2D eigenvalue weighted by atomic mass is 32.2. The molecule has 3 unspecified atom stereocenters. The number of sulfonamides is 1. The Bertz CT molecular complexity index is 417. The van der Waals surface area contributed by atoms with Crippen LogP contribution in [0, 0.1) is 5.92 Å². The van der Waals surface area contributed by atoms with Crippen molar-refractivity contribution in [1.82, 2.24) is 4.31 Å². The van der Waals surface area contributed by atoms with Gasteiger partial charge in [0.25, 0.3) is 0 Å². The molecule has 90 valence electrons. The van der Waals surface area contributed by atoms with Gasteiger partial charge in [0.15, 0.2) is 0 Å². The third-order valence-electron chi connectivity index (χ3n) is 3.44. The van der Waals surface area contributed by atoms with Gasteiger partial charge in [0.05, 0.1) is 11.7 Å². The Hall–Kier alpha value is -0.880. The Labute approximate surface area is 94.8 Å². The standard InChI is InChI=1S/C10H15NO4S/c1-2-5-16(14,15)11-7-3-4-9(11)8(6-7)10(12)13/h2,7-9H,1,3-6H2,(H,12,13). The summed E-state index contributed by atoms with van der Waals surface area (Å²) in [5, 5.41) is 9.01. The molecular formula is C10H15NO4S. The second-order valence-corrected chi connectivity index (χ2v) is 6.29. The molecule has 3 atom stereocenters. The van der Waals surface area contributed by atoms with Gasteiger partial charge in [-0.05, 0) is 19.3 Å². The lowest BCUT2D eigenvalue weighted by molar-refractivity contribution is -0.142. The van der Waals surface area contributed by atoms with Crippen LogP contribution >= 0.6 is 0 Å². The zero-order valence-electron chi connectivity index (χ0n) is 8.87. The number of carbonyl (C=O) groups is 1. The van der Waals surface area contributed by atoms with Gasteiger partial charge in [-0.3, -0.25) is 4.79 Å². The Morgan fingerprint density at radius 2 is 2.19 bits per heavy atom. The predicted molar refractivity (Wildman–Crippen MR) is 58.4 cm³/mol. The molecule has 2 saturated heterocycles. The fraction of sp³-hybridized carbons (Fsp3) is 0.700. The van der Waals surface area contributed by atoms with Gasteiger partial charge in [0.2, 0.25) is 10.0 Å². The molecule has 0 aromatic carbocycles. The molecule has 0 spiro atoms. The van der Waals surface area contributed by atoms with Gasteiger partial charge in [0.1, 0.15) is 0 Å². The van der Waals surface area contributed by atoms with Gasteiger partial charge in [-0.15, -0.1) is 6.58 Å². The number of fused-ring (bicyclic) bond motifs is 2. The van der Waals surface area contributed by atoms with E-state index in [4.69, 9.17) is 5.11 Å². The SMILES string of the molecule is C=CCS(=O)(=O)N1C2CCC1C(C(=O)O)C2.